The standard InChI is InChI=1S/C28H26N4O4S/c1-17-9-4-5-10-20(17)31-24(33)16-37-28-19(15-29)26(23-13-8-14-36-23)25(18(2)30-28)27(34)32-21-11-6-7-12-22(21)35-3/h4-14,26,30H,16H2,1-3H3,(H,31,33)(H,32,34)/t26-/m0/s1. The molecule has 2 aromatic carbocycles. The van der Waals surface area contributed by atoms with Gasteiger partial charge >= 0.3 is 0 Å². The molecule has 37 heavy (non-hydrogen) atoms. The van der Waals surface area contributed by atoms with Gasteiger partial charge in [0.1, 0.15) is 11.5 Å². The second-order valence-electron chi connectivity index (χ2n) is 8.27. The summed E-state index contributed by atoms with van der Waals surface area (Å²) in [6.45, 7) is 3.68. The van der Waals surface area contributed by atoms with Crippen molar-refractivity contribution in [3.63, 3.8) is 0 Å². The average Bonchev–Trinajstić information content (AvgIpc) is 3.43. The molecule has 0 spiro atoms. The van der Waals surface area contributed by atoms with E-state index in [-0.39, 0.29) is 11.7 Å². The summed E-state index contributed by atoms with van der Waals surface area (Å²) >= 11 is 1.20. The zero-order chi connectivity index (χ0) is 26.4. The highest BCUT2D eigenvalue weighted by molar-refractivity contribution is 8.03. The lowest BCUT2D eigenvalue weighted by atomic mass is 9.85. The fourth-order valence-electron chi connectivity index (χ4n) is 4.04. The number of benzene rings is 2. The number of rotatable bonds is 8. The summed E-state index contributed by atoms with van der Waals surface area (Å²) in [7, 11) is 1.53. The normalized spacial score (nSPS) is 15.0. The van der Waals surface area contributed by atoms with E-state index in [1.807, 2.05) is 37.3 Å². The highest BCUT2D eigenvalue weighted by atomic mass is 32.2. The first kappa shape index (κ1) is 25.7. The molecule has 1 aliphatic rings. The molecule has 3 N–H and O–H groups in total. The molecular weight excluding hydrogens is 488 g/mol. The zero-order valence-corrected chi connectivity index (χ0v) is 21.4. The van der Waals surface area contributed by atoms with Gasteiger partial charge < -0.3 is 25.1 Å². The van der Waals surface area contributed by atoms with E-state index < -0.39 is 11.8 Å². The lowest BCUT2D eigenvalue weighted by Crippen LogP contribution is -2.31. The van der Waals surface area contributed by atoms with Gasteiger partial charge in [0.15, 0.2) is 0 Å². The third kappa shape index (κ3) is 5.71. The van der Waals surface area contributed by atoms with Crippen molar-refractivity contribution < 1.29 is 18.7 Å². The number of nitriles is 1. The molecule has 8 nitrogen and oxygen atoms in total. The van der Waals surface area contributed by atoms with Crippen molar-refractivity contribution in [2.75, 3.05) is 23.5 Å². The Hall–Kier alpha value is -4.42. The first-order valence-electron chi connectivity index (χ1n) is 11.5. The number of nitrogens with zero attached hydrogens (tertiary/aromatic N) is 1. The monoisotopic (exact) mass is 514 g/mol. The Kier molecular flexibility index (Phi) is 8.01. The number of aryl methyl sites for hydroxylation is 1. The van der Waals surface area contributed by atoms with Crippen LogP contribution in [0.25, 0.3) is 0 Å². The maximum absolute atomic E-state index is 13.5. The van der Waals surface area contributed by atoms with Crippen LogP contribution in [-0.2, 0) is 9.59 Å². The Morgan fingerprint density at radius 3 is 2.46 bits per heavy atom. The number of furan rings is 1. The molecule has 0 bridgehead atoms. The maximum Gasteiger partial charge on any atom is 0.254 e. The van der Waals surface area contributed by atoms with Gasteiger partial charge in [0, 0.05) is 11.4 Å². The number of carbonyl (C=O) groups is 2. The van der Waals surface area contributed by atoms with E-state index in [0.717, 1.165) is 11.3 Å². The van der Waals surface area contributed by atoms with Crippen LogP contribution in [0.3, 0.4) is 0 Å². The second kappa shape index (κ2) is 11.5. The third-order valence-corrected chi connectivity index (χ3v) is 6.86. The third-order valence-electron chi connectivity index (χ3n) is 5.84. The van der Waals surface area contributed by atoms with Gasteiger partial charge in [0.2, 0.25) is 5.91 Å². The Bertz CT molecular complexity index is 1420. The summed E-state index contributed by atoms with van der Waals surface area (Å²) in [4.78, 5) is 26.2. The van der Waals surface area contributed by atoms with Crippen LogP contribution in [0.2, 0.25) is 0 Å². The van der Waals surface area contributed by atoms with Crippen LogP contribution in [0.15, 0.2) is 93.2 Å². The van der Waals surface area contributed by atoms with Crippen molar-refractivity contribution >= 4 is 35.0 Å². The van der Waals surface area contributed by atoms with Crippen LogP contribution in [0.4, 0.5) is 11.4 Å². The zero-order valence-electron chi connectivity index (χ0n) is 20.6. The van der Waals surface area contributed by atoms with Crippen molar-refractivity contribution in [2.45, 2.75) is 19.8 Å². The molecule has 2 heterocycles. The van der Waals surface area contributed by atoms with E-state index in [9.17, 15) is 14.9 Å². The van der Waals surface area contributed by atoms with Gasteiger partial charge in [-0.25, -0.2) is 0 Å². The highest BCUT2D eigenvalue weighted by Gasteiger charge is 2.36. The molecule has 0 saturated carbocycles. The largest absolute Gasteiger partial charge is 0.495 e. The van der Waals surface area contributed by atoms with Crippen molar-refractivity contribution in [1.29, 1.82) is 5.26 Å². The summed E-state index contributed by atoms with van der Waals surface area (Å²) in [5.41, 5.74) is 3.37. The number of ether oxygens (including phenoxy) is 1. The molecule has 1 aromatic heterocycles. The molecule has 188 valence electrons. The van der Waals surface area contributed by atoms with Gasteiger partial charge in [-0.2, -0.15) is 5.26 Å². The van der Waals surface area contributed by atoms with Crippen molar-refractivity contribution in [3.05, 3.63) is 100 Å². The topological polar surface area (TPSA) is 116 Å². The van der Waals surface area contributed by atoms with Crippen molar-refractivity contribution in [1.82, 2.24) is 5.32 Å². The molecular formula is C28H26N4O4S. The number of anilines is 2. The predicted octanol–water partition coefficient (Wildman–Crippen LogP) is 5.30. The fourth-order valence-corrected chi connectivity index (χ4v) is 4.93. The van der Waals surface area contributed by atoms with Crippen molar-refractivity contribution in [2.24, 2.45) is 0 Å². The van der Waals surface area contributed by atoms with Gasteiger partial charge in [-0.1, -0.05) is 42.1 Å². The number of nitrogens with one attached hydrogen (secondary N) is 3. The molecule has 1 aliphatic heterocycles. The van der Waals surface area contributed by atoms with Crippen molar-refractivity contribution in [3.8, 4) is 11.8 Å². The molecule has 9 heteroatoms. The minimum atomic E-state index is -0.752. The van der Waals surface area contributed by atoms with Gasteiger partial charge in [-0.05, 0) is 49.7 Å². The smallest absolute Gasteiger partial charge is 0.254 e. The van der Waals surface area contributed by atoms with E-state index >= 15 is 0 Å². The lowest BCUT2D eigenvalue weighted by Gasteiger charge is -2.28. The molecule has 0 aliphatic carbocycles. The maximum atomic E-state index is 13.5. The van der Waals surface area contributed by atoms with Crippen LogP contribution in [0, 0.1) is 18.3 Å². The number of methoxy groups -OCH3 is 1. The minimum Gasteiger partial charge on any atom is -0.495 e. The van der Waals surface area contributed by atoms with E-state index in [1.165, 1.54) is 25.1 Å². The quantitative estimate of drug-likeness (QED) is 0.373. The lowest BCUT2D eigenvalue weighted by molar-refractivity contribution is -0.114. The molecule has 2 amide bonds. The van der Waals surface area contributed by atoms with Gasteiger partial charge in [0.25, 0.3) is 5.91 Å². The molecule has 0 fully saturated rings. The van der Waals surface area contributed by atoms with Crippen LogP contribution in [0.1, 0.15) is 24.2 Å². The number of thioether (sulfide) groups is 1. The second-order valence-corrected chi connectivity index (χ2v) is 9.26. The van der Waals surface area contributed by atoms with Crippen LogP contribution < -0.4 is 20.7 Å². The predicted molar refractivity (Wildman–Crippen MR) is 144 cm³/mol. The Morgan fingerprint density at radius 1 is 1.05 bits per heavy atom. The number of hydrogen-bond acceptors (Lipinski definition) is 7. The van der Waals surface area contributed by atoms with Gasteiger partial charge in [-0.3, -0.25) is 9.59 Å². The van der Waals surface area contributed by atoms with Crippen LogP contribution >= 0.6 is 11.8 Å². The SMILES string of the molecule is COc1ccccc1NC(=O)C1=C(C)NC(SCC(=O)Nc2ccccc2C)=C(C#N)[C@H]1c1ccco1. The fraction of sp³-hybridized carbons (Fsp3) is 0.179. The summed E-state index contributed by atoms with van der Waals surface area (Å²) in [5.74, 6) is -0.322. The summed E-state index contributed by atoms with van der Waals surface area (Å²) in [6, 6.07) is 20.3. The van der Waals surface area contributed by atoms with Crippen LogP contribution in [0.5, 0.6) is 5.75 Å². The number of carbonyl (C=O) groups excluding carboxylic acids is 2. The Morgan fingerprint density at radius 2 is 1.78 bits per heavy atom. The number of dihydropyridines is 1. The number of hydrogen-bond donors (Lipinski definition) is 3. The Labute approximate surface area is 219 Å². The number of allylic oxidation sites excluding steroid dienone is 2. The van der Waals surface area contributed by atoms with Gasteiger partial charge in [0.05, 0.1) is 53.0 Å². The first-order chi connectivity index (χ1) is 17.9. The molecule has 3 aromatic rings. The van der Waals surface area contributed by atoms with E-state index in [2.05, 4.69) is 22.0 Å². The summed E-state index contributed by atoms with van der Waals surface area (Å²) in [6.07, 6.45) is 1.50. The Balaban J connectivity index is 1.60. The highest BCUT2D eigenvalue weighted by Crippen LogP contribution is 2.41. The summed E-state index contributed by atoms with van der Waals surface area (Å²) in [5, 5.41) is 19.6. The molecule has 0 radical (unpaired) electrons. The first-order valence-corrected chi connectivity index (χ1v) is 12.5. The van der Waals surface area contributed by atoms with E-state index in [4.69, 9.17) is 9.15 Å². The van der Waals surface area contributed by atoms with Gasteiger partial charge in [-0.15, -0.1) is 0 Å². The number of amides is 2. The van der Waals surface area contributed by atoms with Crippen LogP contribution in [-0.4, -0.2) is 24.7 Å². The number of para-hydroxylation sites is 3. The molecule has 0 unspecified atom stereocenters. The average molecular weight is 515 g/mol. The molecule has 1 atom stereocenters. The molecule has 4 rings (SSSR count). The minimum absolute atomic E-state index is 0.0722. The van der Waals surface area contributed by atoms with E-state index in [0.29, 0.717) is 39.1 Å². The summed E-state index contributed by atoms with van der Waals surface area (Å²) < 4.78 is 11.0. The van der Waals surface area contributed by atoms with E-state index in [1.54, 1.807) is 37.3 Å². The molecule has 0 saturated heterocycles.